The fourth-order valence-corrected chi connectivity index (χ4v) is 2.00. The molecule has 0 fully saturated rings. The zero-order valence-electron chi connectivity index (χ0n) is 11.4. The maximum atomic E-state index is 10.7. The average molecular weight is 274 g/mol. The van der Waals surface area contributed by atoms with Crippen LogP contribution in [0.5, 0.6) is 0 Å². The van der Waals surface area contributed by atoms with E-state index in [4.69, 9.17) is 5.11 Å². The average Bonchev–Trinajstić information content (AvgIpc) is 2.93. The van der Waals surface area contributed by atoms with Crippen LogP contribution in [0.2, 0.25) is 0 Å². The minimum atomic E-state index is -1.05. The topological polar surface area (TPSA) is 80.0 Å². The lowest BCUT2D eigenvalue weighted by Crippen LogP contribution is -2.20. The number of carboxylic acids is 1. The molecule has 0 aliphatic carbocycles. The van der Waals surface area contributed by atoms with Gasteiger partial charge in [-0.3, -0.25) is 4.68 Å². The molecule has 0 saturated heterocycles. The fraction of sp³-hybridized carbons (Fsp3) is 0.357. The fourth-order valence-electron chi connectivity index (χ4n) is 2.00. The molecule has 0 radical (unpaired) electrons. The largest absolute Gasteiger partial charge is 0.476 e. The predicted molar refractivity (Wildman–Crippen MR) is 74.5 cm³/mol. The monoisotopic (exact) mass is 274 g/mol. The molecule has 20 heavy (non-hydrogen) atoms. The van der Waals surface area contributed by atoms with Gasteiger partial charge in [-0.25, -0.2) is 4.79 Å². The van der Waals surface area contributed by atoms with Crippen molar-refractivity contribution in [2.24, 2.45) is 0 Å². The zero-order chi connectivity index (χ0) is 14.4. The number of carbonyl (C=O) groups is 1. The maximum absolute atomic E-state index is 10.7. The molecule has 0 spiro atoms. The van der Waals surface area contributed by atoms with Crippen LogP contribution in [0.1, 0.15) is 28.5 Å². The third-order valence-corrected chi connectivity index (χ3v) is 3.09. The lowest BCUT2D eigenvalue weighted by atomic mass is 10.1. The van der Waals surface area contributed by atoms with Crippen molar-refractivity contribution in [1.82, 2.24) is 20.3 Å². The van der Waals surface area contributed by atoms with E-state index in [-0.39, 0.29) is 5.69 Å². The summed E-state index contributed by atoms with van der Waals surface area (Å²) in [5, 5.41) is 19.4. The number of aromatic carboxylic acids is 1. The summed E-state index contributed by atoms with van der Waals surface area (Å²) in [4.78, 5) is 10.7. The Labute approximate surface area is 117 Å². The summed E-state index contributed by atoms with van der Waals surface area (Å²) in [7, 11) is 0. The second-order valence-corrected chi connectivity index (χ2v) is 4.47. The lowest BCUT2D eigenvalue weighted by molar-refractivity contribution is 0.0690. The minimum absolute atomic E-state index is 0.0265. The SMILES string of the molecule is CCc1ccccc1CNCCn1cc(C(=O)O)nn1. The molecule has 6 nitrogen and oxygen atoms in total. The summed E-state index contributed by atoms with van der Waals surface area (Å²) in [6.07, 6.45) is 2.45. The van der Waals surface area contributed by atoms with Crippen LogP contribution in [0, 0.1) is 0 Å². The van der Waals surface area contributed by atoms with Gasteiger partial charge >= 0.3 is 5.97 Å². The van der Waals surface area contributed by atoms with Crippen molar-refractivity contribution in [2.75, 3.05) is 6.54 Å². The molecule has 0 amide bonds. The van der Waals surface area contributed by atoms with Crippen molar-refractivity contribution in [3.8, 4) is 0 Å². The molecular formula is C14H18N4O2. The summed E-state index contributed by atoms with van der Waals surface area (Å²) in [5.74, 6) is -1.05. The Morgan fingerprint density at radius 2 is 2.10 bits per heavy atom. The van der Waals surface area contributed by atoms with Crippen LogP contribution in [0.3, 0.4) is 0 Å². The molecular weight excluding hydrogens is 256 g/mol. The standard InChI is InChI=1S/C14H18N4O2/c1-2-11-5-3-4-6-12(11)9-15-7-8-18-10-13(14(19)20)16-17-18/h3-6,10,15H,2,7-9H2,1H3,(H,19,20). The molecule has 1 aromatic carbocycles. The van der Waals surface area contributed by atoms with E-state index >= 15 is 0 Å². The van der Waals surface area contributed by atoms with E-state index in [1.807, 2.05) is 12.1 Å². The van der Waals surface area contributed by atoms with Gasteiger partial charge in [-0.2, -0.15) is 0 Å². The van der Waals surface area contributed by atoms with Gasteiger partial charge in [-0.1, -0.05) is 36.4 Å². The van der Waals surface area contributed by atoms with Gasteiger partial charge in [0.25, 0.3) is 0 Å². The molecule has 0 bridgehead atoms. The van der Waals surface area contributed by atoms with Gasteiger partial charge in [-0.05, 0) is 17.5 Å². The van der Waals surface area contributed by atoms with Crippen molar-refractivity contribution in [3.05, 3.63) is 47.3 Å². The van der Waals surface area contributed by atoms with E-state index < -0.39 is 5.97 Å². The summed E-state index contributed by atoms with van der Waals surface area (Å²) >= 11 is 0. The molecule has 106 valence electrons. The molecule has 6 heteroatoms. The molecule has 1 heterocycles. The van der Waals surface area contributed by atoms with Gasteiger partial charge in [0, 0.05) is 13.1 Å². The Bertz CT molecular complexity index is 580. The number of carboxylic acid groups (broad SMARTS) is 1. The van der Waals surface area contributed by atoms with Gasteiger partial charge < -0.3 is 10.4 Å². The van der Waals surface area contributed by atoms with E-state index in [2.05, 4.69) is 34.7 Å². The highest BCUT2D eigenvalue weighted by atomic mass is 16.4. The van der Waals surface area contributed by atoms with Crippen LogP contribution in [0.15, 0.2) is 30.5 Å². The van der Waals surface area contributed by atoms with Gasteiger partial charge in [0.05, 0.1) is 12.7 Å². The first kappa shape index (κ1) is 14.2. The van der Waals surface area contributed by atoms with Crippen molar-refractivity contribution >= 4 is 5.97 Å². The first-order valence-corrected chi connectivity index (χ1v) is 6.61. The first-order chi connectivity index (χ1) is 9.70. The van der Waals surface area contributed by atoms with E-state index in [1.54, 1.807) is 0 Å². The number of aromatic nitrogens is 3. The summed E-state index contributed by atoms with van der Waals surface area (Å²) < 4.78 is 1.53. The van der Waals surface area contributed by atoms with Gasteiger partial charge in [0.1, 0.15) is 0 Å². The van der Waals surface area contributed by atoms with Crippen LogP contribution >= 0.6 is 0 Å². The maximum Gasteiger partial charge on any atom is 0.358 e. The Hall–Kier alpha value is -2.21. The van der Waals surface area contributed by atoms with E-state index in [0.29, 0.717) is 13.1 Å². The van der Waals surface area contributed by atoms with Crippen molar-refractivity contribution in [3.63, 3.8) is 0 Å². The molecule has 2 N–H and O–H groups in total. The van der Waals surface area contributed by atoms with Crippen molar-refractivity contribution < 1.29 is 9.90 Å². The zero-order valence-corrected chi connectivity index (χ0v) is 11.4. The summed E-state index contributed by atoms with van der Waals surface area (Å²) in [5.41, 5.74) is 2.61. The van der Waals surface area contributed by atoms with Gasteiger partial charge in [0.15, 0.2) is 5.69 Å². The normalized spacial score (nSPS) is 10.7. The van der Waals surface area contributed by atoms with Crippen LogP contribution in [-0.4, -0.2) is 32.6 Å². The number of rotatable bonds is 7. The Morgan fingerprint density at radius 3 is 2.75 bits per heavy atom. The molecule has 0 aliphatic heterocycles. The number of hydrogen-bond acceptors (Lipinski definition) is 4. The molecule has 1 aromatic heterocycles. The quantitative estimate of drug-likeness (QED) is 0.744. The molecule has 2 rings (SSSR count). The van der Waals surface area contributed by atoms with Crippen LogP contribution in [0.4, 0.5) is 0 Å². The number of nitrogens with zero attached hydrogens (tertiary/aromatic N) is 3. The minimum Gasteiger partial charge on any atom is -0.476 e. The van der Waals surface area contributed by atoms with Crippen LogP contribution in [-0.2, 0) is 19.5 Å². The summed E-state index contributed by atoms with van der Waals surface area (Å²) in [6, 6.07) is 8.33. The van der Waals surface area contributed by atoms with E-state index in [1.165, 1.54) is 22.0 Å². The lowest BCUT2D eigenvalue weighted by Gasteiger charge is -2.08. The van der Waals surface area contributed by atoms with Crippen molar-refractivity contribution in [1.29, 1.82) is 0 Å². The second kappa shape index (κ2) is 6.81. The molecule has 0 atom stereocenters. The van der Waals surface area contributed by atoms with Gasteiger partial charge in [0.2, 0.25) is 0 Å². The molecule has 0 aliphatic rings. The Balaban J connectivity index is 1.80. The van der Waals surface area contributed by atoms with Crippen LogP contribution in [0.25, 0.3) is 0 Å². The number of aryl methyl sites for hydroxylation is 1. The van der Waals surface area contributed by atoms with Crippen LogP contribution < -0.4 is 5.32 Å². The Morgan fingerprint density at radius 1 is 1.35 bits per heavy atom. The second-order valence-electron chi connectivity index (χ2n) is 4.47. The molecule has 2 aromatic rings. The smallest absolute Gasteiger partial charge is 0.358 e. The summed E-state index contributed by atoms with van der Waals surface area (Å²) in [6.45, 7) is 4.24. The van der Waals surface area contributed by atoms with Gasteiger partial charge in [-0.15, -0.1) is 5.10 Å². The molecule has 0 saturated carbocycles. The third kappa shape index (κ3) is 3.64. The Kier molecular flexibility index (Phi) is 4.84. The third-order valence-electron chi connectivity index (χ3n) is 3.09. The highest BCUT2D eigenvalue weighted by molar-refractivity contribution is 5.84. The first-order valence-electron chi connectivity index (χ1n) is 6.61. The van der Waals surface area contributed by atoms with Crippen molar-refractivity contribution in [2.45, 2.75) is 26.4 Å². The van der Waals surface area contributed by atoms with E-state index in [0.717, 1.165) is 13.0 Å². The molecule has 0 unspecified atom stereocenters. The number of benzene rings is 1. The highest BCUT2D eigenvalue weighted by Gasteiger charge is 2.07. The highest BCUT2D eigenvalue weighted by Crippen LogP contribution is 2.08. The van der Waals surface area contributed by atoms with E-state index in [9.17, 15) is 4.79 Å². The number of nitrogens with one attached hydrogen (secondary N) is 1. The predicted octanol–water partition coefficient (Wildman–Crippen LogP) is 1.33. The number of hydrogen-bond donors (Lipinski definition) is 2.